The van der Waals surface area contributed by atoms with Crippen LogP contribution in [0.4, 0.5) is 4.39 Å². The van der Waals surface area contributed by atoms with Gasteiger partial charge in [0.25, 0.3) is 5.91 Å². The average molecular weight is 634 g/mol. The maximum Gasteiger partial charge on any atom is 0.258 e. The predicted molar refractivity (Wildman–Crippen MR) is 158 cm³/mol. The number of guanidine groups is 1. The minimum atomic E-state index is -3.20. The molecule has 0 aliphatic carbocycles. The van der Waals surface area contributed by atoms with Gasteiger partial charge in [0.15, 0.2) is 15.8 Å². The van der Waals surface area contributed by atoms with E-state index in [-0.39, 0.29) is 23.5 Å². The molecule has 0 fully saturated rings. The Morgan fingerprint density at radius 2 is 1.75 bits per heavy atom. The van der Waals surface area contributed by atoms with Gasteiger partial charge in [0, 0.05) is 34.9 Å². The van der Waals surface area contributed by atoms with Crippen molar-refractivity contribution >= 4 is 37.6 Å². The summed E-state index contributed by atoms with van der Waals surface area (Å²) < 4.78 is 44.1. The zero-order valence-electron chi connectivity index (χ0n) is 22.5. The van der Waals surface area contributed by atoms with E-state index in [2.05, 4.69) is 31.9 Å². The third-order valence-corrected chi connectivity index (χ3v) is 7.87. The summed E-state index contributed by atoms with van der Waals surface area (Å²) in [5.41, 5.74) is 2.35. The van der Waals surface area contributed by atoms with Gasteiger partial charge in [-0.1, -0.05) is 34.1 Å². The number of aryl methyl sites for hydroxylation is 1. The third-order valence-electron chi connectivity index (χ3n) is 6.25. The minimum absolute atomic E-state index is 0.146. The Hall–Kier alpha value is -3.28. The van der Waals surface area contributed by atoms with Crippen molar-refractivity contribution in [3.05, 3.63) is 93.2 Å². The van der Waals surface area contributed by atoms with Gasteiger partial charge in [0.05, 0.1) is 12.0 Å². The van der Waals surface area contributed by atoms with Gasteiger partial charge in [-0.25, -0.2) is 12.8 Å². The van der Waals surface area contributed by atoms with Gasteiger partial charge in [0.1, 0.15) is 11.6 Å². The fraction of sp³-hybridized carbons (Fsp3) is 0.310. The molecule has 4 N–H and O–H groups in total. The number of unbranched alkanes of at least 4 members (excludes halogenated alkanes) is 1. The molecule has 0 saturated carbocycles. The summed E-state index contributed by atoms with van der Waals surface area (Å²) in [5, 5.41) is 16.8. The molecule has 0 bridgehead atoms. The summed E-state index contributed by atoms with van der Waals surface area (Å²) in [6.45, 7) is 1.85. The standard InChI is InChI=1S/C29H34BrFN4O4S/c1-39-27-15-11-22(30)18-21(27)10-14-24-25(6-5-7-26(24)31)28(36)35-29(32)34-17-4-3-16-33-19-20-8-12-23(13-9-20)40(2,37)38/h5-9,11-13,15,18,33H,3-4,10,14,16-17,19H2,1-2H3,(H3,32,34,35,36). The van der Waals surface area contributed by atoms with Gasteiger partial charge in [-0.15, -0.1) is 0 Å². The molecule has 0 aliphatic rings. The molecule has 0 heterocycles. The first-order valence-corrected chi connectivity index (χ1v) is 15.5. The van der Waals surface area contributed by atoms with E-state index in [1.54, 1.807) is 37.4 Å². The van der Waals surface area contributed by atoms with E-state index in [1.165, 1.54) is 18.4 Å². The fourth-order valence-corrected chi connectivity index (χ4v) is 5.17. The van der Waals surface area contributed by atoms with Crippen molar-refractivity contribution < 1.29 is 22.3 Å². The Morgan fingerprint density at radius 3 is 2.45 bits per heavy atom. The second-order valence-electron chi connectivity index (χ2n) is 9.28. The van der Waals surface area contributed by atoms with Crippen molar-refractivity contribution in [1.29, 1.82) is 5.41 Å². The van der Waals surface area contributed by atoms with Crippen molar-refractivity contribution in [2.24, 2.45) is 0 Å². The van der Waals surface area contributed by atoms with Gasteiger partial charge in [-0.05, 0) is 85.8 Å². The number of sulfone groups is 1. The lowest BCUT2D eigenvalue weighted by Gasteiger charge is -2.14. The number of amides is 1. The summed E-state index contributed by atoms with van der Waals surface area (Å²) >= 11 is 3.44. The van der Waals surface area contributed by atoms with E-state index in [0.29, 0.717) is 30.2 Å². The van der Waals surface area contributed by atoms with Crippen LogP contribution in [0.25, 0.3) is 0 Å². The first kappa shape index (κ1) is 31.3. The first-order chi connectivity index (χ1) is 19.1. The van der Waals surface area contributed by atoms with Crippen molar-refractivity contribution in [1.82, 2.24) is 16.0 Å². The summed E-state index contributed by atoms with van der Waals surface area (Å²) in [5.74, 6) is -0.473. The van der Waals surface area contributed by atoms with Gasteiger partial charge in [-0.3, -0.25) is 15.5 Å². The van der Waals surface area contributed by atoms with Crippen LogP contribution in [-0.4, -0.2) is 46.7 Å². The number of benzene rings is 3. The maximum atomic E-state index is 14.7. The number of nitrogens with one attached hydrogen (secondary N) is 4. The summed E-state index contributed by atoms with van der Waals surface area (Å²) in [7, 11) is -1.62. The number of ether oxygens (including phenoxy) is 1. The molecule has 214 valence electrons. The van der Waals surface area contributed by atoms with Crippen LogP contribution in [0, 0.1) is 11.2 Å². The zero-order valence-corrected chi connectivity index (χ0v) is 24.9. The first-order valence-electron chi connectivity index (χ1n) is 12.8. The summed E-state index contributed by atoms with van der Waals surface area (Å²) in [6, 6.07) is 16.7. The number of halogens is 2. The van der Waals surface area contributed by atoms with E-state index in [9.17, 15) is 17.6 Å². The molecule has 3 rings (SSSR count). The highest BCUT2D eigenvalue weighted by Gasteiger charge is 2.17. The smallest absolute Gasteiger partial charge is 0.258 e. The van der Waals surface area contributed by atoms with Crippen molar-refractivity contribution in [2.45, 2.75) is 37.1 Å². The van der Waals surface area contributed by atoms with Crippen LogP contribution in [-0.2, 0) is 29.2 Å². The van der Waals surface area contributed by atoms with Crippen LogP contribution >= 0.6 is 15.9 Å². The highest BCUT2D eigenvalue weighted by molar-refractivity contribution is 9.10. The van der Waals surface area contributed by atoms with Crippen LogP contribution in [0.2, 0.25) is 0 Å². The Kier molecular flexibility index (Phi) is 11.7. The van der Waals surface area contributed by atoms with Crippen LogP contribution in [0.3, 0.4) is 0 Å². The van der Waals surface area contributed by atoms with E-state index in [1.807, 2.05) is 18.2 Å². The molecule has 3 aromatic carbocycles. The van der Waals surface area contributed by atoms with Crippen molar-refractivity contribution in [3.63, 3.8) is 0 Å². The molecule has 0 spiro atoms. The summed E-state index contributed by atoms with van der Waals surface area (Å²) in [6.07, 6.45) is 3.54. The maximum absolute atomic E-state index is 14.7. The molecule has 1 amide bonds. The van der Waals surface area contributed by atoms with Crippen LogP contribution in [0.1, 0.15) is 39.9 Å². The molecule has 11 heteroatoms. The lowest BCUT2D eigenvalue weighted by molar-refractivity contribution is 0.0974. The van der Waals surface area contributed by atoms with Crippen LogP contribution in [0.5, 0.6) is 5.75 Å². The van der Waals surface area contributed by atoms with E-state index < -0.39 is 21.6 Å². The van der Waals surface area contributed by atoms with Gasteiger partial charge in [0.2, 0.25) is 0 Å². The van der Waals surface area contributed by atoms with Crippen molar-refractivity contribution in [2.75, 3.05) is 26.5 Å². The molecule has 3 aromatic rings. The predicted octanol–water partition coefficient (Wildman–Crippen LogP) is 4.61. The molecule has 0 radical (unpaired) electrons. The summed E-state index contributed by atoms with van der Waals surface area (Å²) in [4.78, 5) is 13.2. The Bertz CT molecular complexity index is 1430. The fourth-order valence-electron chi connectivity index (χ4n) is 4.13. The molecule has 0 unspecified atom stereocenters. The second kappa shape index (κ2) is 14.9. The van der Waals surface area contributed by atoms with Gasteiger partial charge in [-0.2, -0.15) is 0 Å². The van der Waals surface area contributed by atoms with Gasteiger partial charge < -0.3 is 15.4 Å². The SMILES string of the molecule is COc1ccc(Br)cc1CCc1c(F)cccc1C(=O)NC(=N)NCCCCNCc1ccc(S(C)(=O)=O)cc1. The number of carbonyl (C=O) groups excluding carboxylic acids is 1. The number of hydrogen-bond acceptors (Lipinski definition) is 6. The molecule has 0 aliphatic heterocycles. The van der Waals surface area contributed by atoms with E-state index in [4.69, 9.17) is 10.1 Å². The zero-order chi connectivity index (χ0) is 29.1. The highest BCUT2D eigenvalue weighted by Crippen LogP contribution is 2.25. The second-order valence-corrected chi connectivity index (χ2v) is 12.2. The molecule has 0 saturated heterocycles. The molecular weight excluding hydrogens is 599 g/mol. The topological polar surface area (TPSA) is 120 Å². The Morgan fingerprint density at radius 1 is 1.02 bits per heavy atom. The molecule has 0 aromatic heterocycles. The average Bonchev–Trinajstić information content (AvgIpc) is 2.91. The number of rotatable bonds is 13. The van der Waals surface area contributed by atoms with Crippen molar-refractivity contribution in [3.8, 4) is 5.75 Å². The van der Waals surface area contributed by atoms with Gasteiger partial charge >= 0.3 is 0 Å². The molecule has 8 nitrogen and oxygen atoms in total. The largest absolute Gasteiger partial charge is 0.496 e. The van der Waals surface area contributed by atoms with E-state index in [0.717, 1.165) is 35.0 Å². The molecule has 40 heavy (non-hydrogen) atoms. The van der Waals surface area contributed by atoms with Crippen LogP contribution in [0.15, 0.2) is 70.0 Å². The minimum Gasteiger partial charge on any atom is -0.496 e. The lowest BCUT2D eigenvalue weighted by Crippen LogP contribution is -2.41. The Labute approximate surface area is 243 Å². The monoisotopic (exact) mass is 632 g/mol. The lowest BCUT2D eigenvalue weighted by atomic mass is 9.98. The highest BCUT2D eigenvalue weighted by atomic mass is 79.9. The number of hydrogen-bond donors (Lipinski definition) is 4. The van der Waals surface area contributed by atoms with Crippen LogP contribution < -0.4 is 20.7 Å². The third kappa shape index (κ3) is 9.42. The number of carbonyl (C=O) groups is 1. The normalized spacial score (nSPS) is 11.2. The quantitative estimate of drug-likeness (QED) is 0.124. The Balaban J connectivity index is 1.41. The number of methoxy groups -OCH3 is 1. The van der Waals surface area contributed by atoms with E-state index >= 15 is 0 Å². The molecular formula is C29H34BrFN4O4S. The molecule has 0 atom stereocenters.